The number of hydrogen-bond acceptors (Lipinski definition) is 3. The molecule has 19 heavy (non-hydrogen) atoms. The van der Waals surface area contributed by atoms with Crippen LogP contribution in [-0.4, -0.2) is 26.3 Å². The van der Waals surface area contributed by atoms with E-state index in [-0.39, 0.29) is 6.04 Å². The van der Waals surface area contributed by atoms with Crippen LogP contribution in [0.5, 0.6) is 0 Å². The molecule has 1 aromatic carbocycles. The van der Waals surface area contributed by atoms with E-state index >= 15 is 0 Å². The lowest BCUT2D eigenvalue weighted by Crippen LogP contribution is -2.27. The molecule has 1 aromatic rings. The minimum Gasteiger partial charge on any atom is -0.453 e. The molecule has 1 aliphatic heterocycles. The average molecular weight is 262 g/mol. The second kappa shape index (κ2) is 6.57. The summed E-state index contributed by atoms with van der Waals surface area (Å²) in [5, 5.41) is 6.15. The van der Waals surface area contributed by atoms with E-state index in [1.165, 1.54) is 25.5 Å². The first-order valence-electron chi connectivity index (χ1n) is 6.85. The molecule has 1 heterocycles. The Morgan fingerprint density at radius 1 is 1.32 bits per heavy atom. The van der Waals surface area contributed by atoms with Crippen molar-refractivity contribution in [3.63, 3.8) is 0 Å². The van der Waals surface area contributed by atoms with Gasteiger partial charge in [0.2, 0.25) is 0 Å². The van der Waals surface area contributed by atoms with Gasteiger partial charge in [-0.05, 0) is 49.9 Å². The van der Waals surface area contributed by atoms with Crippen LogP contribution >= 0.6 is 0 Å². The number of hydrogen-bond donors (Lipinski definition) is 2. The van der Waals surface area contributed by atoms with Crippen molar-refractivity contribution in [3.05, 3.63) is 35.4 Å². The molecule has 2 N–H and O–H groups in total. The SMILES string of the molecule is COC(=O)N[C@@H](C)c1ccc(C2CCNCC2)cc1. The van der Waals surface area contributed by atoms with E-state index in [1.54, 1.807) is 0 Å². The van der Waals surface area contributed by atoms with E-state index < -0.39 is 6.09 Å². The zero-order valence-corrected chi connectivity index (χ0v) is 11.6. The van der Waals surface area contributed by atoms with Gasteiger partial charge in [-0.3, -0.25) is 0 Å². The summed E-state index contributed by atoms with van der Waals surface area (Å²) in [7, 11) is 1.38. The Morgan fingerprint density at radius 2 is 1.95 bits per heavy atom. The topological polar surface area (TPSA) is 50.4 Å². The summed E-state index contributed by atoms with van der Waals surface area (Å²) in [5.41, 5.74) is 2.50. The molecule has 1 saturated heterocycles. The van der Waals surface area contributed by atoms with Gasteiger partial charge in [-0.1, -0.05) is 24.3 Å². The summed E-state index contributed by atoms with van der Waals surface area (Å²) < 4.78 is 4.60. The van der Waals surface area contributed by atoms with Gasteiger partial charge in [-0.2, -0.15) is 0 Å². The maximum Gasteiger partial charge on any atom is 0.407 e. The van der Waals surface area contributed by atoms with Gasteiger partial charge in [0.05, 0.1) is 13.2 Å². The number of carbonyl (C=O) groups excluding carboxylic acids is 1. The smallest absolute Gasteiger partial charge is 0.407 e. The number of amides is 1. The molecule has 4 heteroatoms. The van der Waals surface area contributed by atoms with Crippen molar-refractivity contribution in [3.8, 4) is 0 Å². The first kappa shape index (κ1) is 13.9. The highest BCUT2D eigenvalue weighted by Gasteiger charge is 2.15. The van der Waals surface area contributed by atoms with E-state index in [0.29, 0.717) is 5.92 Å². The molecule has 0 radical (unpaired) electrons. The lowest BCUT2D eigenvalue weighted by Gasteiger charge is -2.23. The van der Waals surface area contributed by atoms with Crippen molar-refractivity contribution in [2.24, 2.45) is 0 Å². The number of benzene rings is 1. The quantitative estimate of drug-likeness (QED) is 0.880. The minimum atomic E-state index is -0.394. The molecule has 104 valence electrons. The number of methoxy groups -OCH3 is 1. The molecule has 0 unspecified atom stereocenters. The average Bonchev–Trinajstić information content (AvgIpc) is 2.48. The van der Waals surface area contributed by atoms with Crippen LogP contribution in [0.3, 0.4) is 0 Å². The Labute approximate surface area is 114 Å². The van der Waals surface area contributed by atoms with Gasteiger partial charge in [-0.15, -0.1) is 0 Å². The Morgan fingerprint density at radius 3 is 2.53 bits per heavy atom. The highest BCUT2D eigenvalue weighted by molar-refractivity contribution is 5.67. The van der Waals surface area contributed by atoms with E-state index in [1.807, 2.05) is 6.92 Å². The Hall–Kier alpha value is -1.55. The normalized spacial score (nSPS) is 17.8. The highest BCUT2D eigenvalue weighted by Crippen LogP contribution is 2.26. The van der Waals surface area contributed by atoms with Crippen LogP contribution in [0.2, 0.25) is 0 Å². The third-order valence-corrected chi connectivity index (χ3v) is 3.77. The van der Waals surface area contributed by atoms with Gasteiger partial charge in [0.25, 0.3) is 0 Å². The second-order valence-electron chi connectivity index (χ2n) is 5.05. The molecule has 4 nitrogen and oxygen atoms in total. The summed E-state index contributed by atoms with van der Waals surface area (Å²) in [6, 6.07) is 8.52. The van der Waals surface area contributed by atoms with E-state index in [2.05, 4.69) is 39.6 Å². The third-order valence-electron chi connectivity index (χ3n) is 3.77. The van der Waals surface area contributed by atoms with Crippen molar-refractivity contribution in [1.82, 2.24) is 10.6 Å². The van der Waals surface area contributed by atoms with Crippen molar-refractivity contribution in [2.45, 2.75) is 31.7 Å². The van der Waals surface area contributed by atoms with Crippen molar-refractivity contribution in [1.29, 1.82) is 0 Å². The van der Waals surface area contributed by atoms with Gasteiger partial charge in [-0.25, -0.2) is 4.79 Å². The molecule has 0 aromatic heterocycles. The molecule has 0 bridgehead atoms. The third kappa shape index (κ3) is 3.70. The summed E-state index contributed by atoms with van der Waals surface area (Å²) in [6.07, 6.45) is 2.01. The number of carbonyl (C=O) groups is 1. The Balaban J connectivity index is 1.99. The highest BCUT2D eigenvalue weighted by atomic mass is 16.5. The van der Waals surface area contributed by atoms with E-state index in [4.69, 9.17) is 0 Å². The van der Waals surface area contributed by atoms with Gasteiger partial charge in [0.15, 0.2) is 0 Å². The summed E-state index contributed by atoms with van der Waals surface area (Å²) in [5.74, 6) is 0.666. The monoisotopic (exact) mass is 262 g/mol. The molecule has 1 fully saturated rings. The largest absolute Gasteiger partial charge is 0.453 e. The standard InChI is InChI=1S/C15H22N2O2/c1-11(17-15(18)19-2)12-3-5-13(6-4-12)14-7-9-16-10-8-14/h3-6,11,14,16H,7-10H2,1-2H3,(H,17,18)/t11-/m0/s1. The number of ether oxygens (including phenoxy) is 1. The minimum absolute atomic E-state index is 0.0328. The molecular weight excluding hydrogens is 240 g/mol. The maximum atomic E-state index is 11.2. The van der Waals surface area contributed by atoms with Crippen molar-refractivity contribution in [2.75, 3.05) is 20.2 Å². The van der Waals surface area contributed by atoms with Crippen LogP contribution in [0.1, 0.15) is 42.9 Å². The lowest BCUT2D eigenvalue weighted by molar-refractivity contribution is 0.167. The number of piperidine rings is 1. The summed E-state index contributed by atoms with van der Waals surface area (Å²) >= 11 is 0. The maximum absolute atomic E-state index is 11.2. The fourth-order valence-corrected chi connectivity index (χ4v) is 2.53. The molecule has 0 aliphatic carbocycles. The zero-order chi connectivity index (χ0) is 13.7. The molecule has 0 saturated carbocycles. The molecule has 1 amide bonds. The van der Waals surface area contributed by atoms with Gasteiger partial charge in [0, 0.05) is 0 Å². The number of rotatable bonds is 3. The molecule has 0 spiro atoms. The van der Waals surface area contributed by atoms with Gasteiger partial charge >= 0.3 is 6.09 Å². The lowest BCUT2D eigenvalue weighted by atomic mass is 9.89. The van der Waals surface area contributed by atoms with E-state index in [9.17, 15) is 4.79 Å². The molecule has 1 atom stereocenters. The Kier molecular flexibility index (Phi) is 4.80. The first-order valence-corrected chi connectivity index (χ1v) is 6.85. The molecule has 1 aliphatic rings. The molecular formula is C15H22N2O2. The van der Waals surface area contributed by atoms with Crippen LogP contribution in [0.25, 0.3) is 0 Å². The Bertz CT molecular complexity index is 411. The number of alkyl carbamates (subject to hydrolysis) is 1. The van der Waals surface area contributed by atoms with E-state index in [0.717, 1.165) is 18.7 Å². The summed E-state index contributed by atoms with van der Waals surface area (Å²) in [6.45, 7) is 4.16. The van der Waals surface area contributed by atoms with Crippen LogP contribution in [0.4, 0.5) is 4.79 Å². The van der Waals surface area contributed by atoms with Crippen LogP contribution in [0.15, 0.2) is 24.3 Å². The van der Waals surface area contributed by atoms with Crippen LogP contribution in [0, 0.1) is 0 Å². The first-order chi connectivity index (χ1) is 9.20. The van der Waals surface area contributed by atoms with Crippen LogP contribution < -0.4 is 10.6 Å². The summed E-state index contributed by atoms with van der Waals surface area (Å²) in [4.78, 5) is 11.2. The molecule has 2 rings (SSSR count). The predicted octanol–water partition coefficient (Wildman–Crippen LogP) is 2.57. The number of nitrogens with one attached hydrogen (secondary N) is 2. The predicted molar refractivity (Wildman–Crippen MR) is 75.2 cm³/mol. The fraction of sp³-hybridized carbons (Fsp3) is 0.533. The fourth-order valence-electron chi connectivity index (χ4n) is 2.53. The van der Waals surface area contributed by atoms with Crippen molar-refractivity contribution < 1.29 is 9.53 Å². The van der Waals surface area contributed by atoms with Gasteiger partial charge in [0.1, 0.15) is 0 Å². The van der Waals surface area contributed by atoms with Gasteiger partial charge < -0.3 is 15.4 Å². The van der Waals surface area contributed by atoms with Crippen LogP contribution in [-0.2, 0) is 4.74 Å². The van der Waals surface area contributed by atoms with Crippen molar-refractivity contribution >= 4 is 6.09 Å². The zero-order valence-electron chi connectivity index (χ0n) is 11.6. The second-order valence-corrected chi connectivity index (χ2v) is 5.05.